The monoisotopic (exact) mass is 318 g/mol. The number of unbranched alkanes of at least 4 members (excludes halogenated alkanes) is 1. The Morgan fingerprint density at radius 2 is 2.05 bits per heavy atom. The van der Waals surface area contributed by atoms with Crippen LogP contribution in [0, 0.1) is 6.92 Å². The topological polar surface area (TPSA) is 84.0 Å². The van der Waals surface area contributed by atoms with E-state index in [1.165, 1.54) is 11.3 Å². The highest BCUT2D eigenvalue weighted by atomic mass is 32.1. The maximum absolute atomic E-state index is 12.0. The predicted octanol–water partition coefficient (Wildman–Crippen LogP) is 2.63. The van der Waals surface area contributed by atoms with Crippen LogP contribution in [0.1, 0.15) is 44.9 Å². The van der Waals surface area contributed by atoms with E-state index in [0.717, 1.165) is 17.8 Å². The molecule has 7 heteroatoms. The van der Waals surface area contributed by atoms with Gasteiger partial charge < -0.3 is 10.6 Å². The van der Waals surface area contributed by atoms with Crippen molar-refractivity contribution in [1.29, 1.82) is 0 Å². The molecule has 2 rings (SSSR count). The van der Waals surface area contributed by atoms with Crippen LogP contribution in [0.3, 0.4) is 0 Å². The van der Waals surface area contributed by atoms with Crippen LogP contribution in [-0.2, 0) is 0 Å². The summed E-state index contributed by atoms with van der Waals surface area (Å²) in [6, 6.07) is 6.82. The second-order valence-electron chi connectivity index (χ2n) is 4.77. The molecule has 0 spiro atoms. The first kappa shape index (κ1) is 16.1. The molecular formula is C15H18N4O2S. The van der Waals surface area contributed by atoms with Crippen LogP contribution in [0.2, 0.25) is 0 Å². The minimum absolute atomic E-state index is 0.142. The molecule has 0 aliphatic heterocycles. The lowest BCUT2D eigenvalue weighted by molar-refractivity contribution is 0.0951. The standard InChI is InChI=1S/C15H18N4O2S/c1-3-4-8-16-13(20)11-6-5-7-12(9-11)17-14(21)15-19-18-10(2)22-15/h5-7,9H,3-4,8H2,1-2H3,(H,16,20)(H,17,21). The summed E-state index contributed by atoms with van der Waals surface area (Å²) in [5, 5.41) is 14.2. The molecule has 6 nitrogen and oxygen atoms in total. The molecule has 0 atom stereocenters. The molecule has 0 saturated carbocycles. The third-order valence-electron chi connectivity index (χ3n) is 2.92. The quantitative estimate of drug-likeness (QED) is 0.802. The summed E-state index contributed by atoms with van der Waals surface area (Å²) in [6.45, 7) is 4.50. The number of carbonyl (C=O) groups is 2. The van der Waals surface area contributed by atoms with E-state index in [4.69, 9.17) is 0 Å². The molecule has 2 N–H and O–H groups in total. The van der Waals surface area contributed by atoms with Crippen LogP contribution >= 0.6 is 11.3 Å². The summed E-state index contributed by atoms with van der Waals surface area (Å²) in [5.74, 6) is -0.467. The van der Waals surface area contributed by atoms with E-state index in [9.17, 15) is 9.59 Å². The molecule has 0 bridgehead atoms. The number of benzene rings is 1. The summed E-state index contributed by atoms with van der Waals surface area (Å²) >= 11 is 1.23. The van der Waals surface area contributed by atoms with Gasteiger partial charge in [-0.25, -0.2) is 0 Å². The van der Waals surface area contributed by atoms with Crippen LogP contribution < -0.4 is 10.6 Å². The average Bonchev–Trinajstić information content (AvgIpc) is 2.94. The van der Waals surface area contributed by atoms with E-state index in [1.807, 2.05) is 0 Å². The van der Waals surface area contributed by atoms with Gasteiger partial charge in [-0.1, -0.05) is 30.7 Å². The van der Waals surface area contributed by atoms with E-state index in [-0.39, 0.29) is 11.8 Å². The molecule has 116 valence electrons. The number of carbonyl (C=O) groups excluding carboxylic acids is 2. The molecule has 0 saturated heterocycles. The van der Waals surface area contributed by atoms with Gasteiger partial charge in [-0.15, -0.1) is 10.2 Å². The van der Waals surface area contributed by atoms with Crippen molar-refractivity contribution in [3.8, 4) is 0 Å². The van der Waals surface area contributed by atoms with Gasteiger partial charge in [-0.3, -0.25) is 9.59 Å². The summed E-state index contributed by atoms with van der Waals surface area (Å²) in [6.07, 6.45) is 1.97. The summed E-state index contributed by atoms with van der Waals surface area (Å²) in [5.41, 5.74) is 1.07. The SMILES string of the molecule is CCCCNC(=O)c1cccc(NC(=O)c2nnc(C)s2)c1. The second-order valence-corrected chi connectivity index (χ2v) is 5.95. The van der Waals surface area contributed by atoms with Gasteiger partial charge in [-0.2, -0.15) is 0 Å². The Morgan fingerprint density at radius 1 is 1.23 bits per heavy atom. The van der Waals surface area contributed by atoms with Crippen molar-refractivity contribution < 1.29 is 9.59 Å². The molecule has 0 fully saturated rings. The second kappa shape index (κ2) is 7.65. The number of aryl methyl sites for hydroxylation is 1. The largest absolute Gasteiger partial charge is 0.352 e. The van der Waals surface area contributed by atoms with E-state index in [2.05, 4.69) is 27.8 Å². The molecule has 1 aromatic heterocycles. The minimum Gasteiger partial charge on any atom is -0.352 e. The number of nitrogens with one attached hydrogen (secondary N) is 2. The zero-order chi connectivity index (χ0) is 15.9. The van der Waals surface area contributed by atoms with Gasteiger partial charge in [-0.05, 0) is 31.5 Å². The van der Waals surface area contributed by atoms with Crippen molar-refractivity contribution in [2.45, 2.75) is 26.7 Å². The molecule has 1 heterocycles. The Morgan fingerprint density at radius 3 is 2.73 bits per heavy atom. The molecule has 22 heavy (non-hydrogen) atoms. The number of hydrogen-bond donors (Lipinski definition) is 2. The van der Waals surface area contributed by atoms with E-state index >= 15 is 0 Å². The molecule has 0 aliphatic carbocycles. The Bertz CT molecular complexity index is 669. The average molecular weight is 318 g/mol. The van der Waals surface area contributed by atoms with E-state index in [0.29, 0.717) is 22.8 Å². The third kappa shape index (κ3) is 4.36. The Labute approximate surface area is 133 Å². The molecule has 2 aromatic rings. The van der Waals surface area contributed by atoms with Crippen molar-refractivity contribution >= 4 is 28.8 Å². The third-order valence-corrected chi connectivity index (χ3v) is 3.76. The zero-order valence-corrected chi connectivity index (χ0v) is 13.4. The summed E-state index contributed by atoms with van der Waals surface area (Å²) < 4.78 is 0. The molecule has 1 aromatic carbocycles. The Balaban J connectivity index is 2.02. The van der Waals surface area contributed by atoms with E-state index < -0.39 is 0 Å². The maximum atomic E-state index is 12.0. The highest BCUT2D eigenvalue weighted by Gasteiger charge is 2.12. The van der Waals surface area contributed by atoms with Crippen molar-refractivity contribution in [1.82, 2.24) is 15.5 Å². The highest BCUT2D eigenvalue weighted by molar-refractivity contribution is 7.13. The number of anilines is 1. The van der Waals surface area contributed by atoms with Crippen LogP contribution in [0.4, 0.5) is 5.69 Å². The molecule has 0 aliphatic rings. The van der Waals surface area contributed by atoms with Crippen molar-refractivity contribution in [2.75, 3.05) is 11.9 Å². The van der Waals surface area contributed by atoms with Crippen LogP contribution in [-0.4, -0.2) is 28.6 Å². The van der Waals surface area contributed by atoms with Gasteiger partial charge >= 0.3 is 0 Å². The highest BCUT2D eigenvalue weighted by Crippen LogP contribution is 2.14. The fourth-order valence-electron chi connectivity index (χ4n) is 1.79. The molecule has 0 unspecified atom stereocenters. The number of hydrogen-bond acceptors (Lipinski definition) is 5. The minimum atomic E-state index is -0.325. The predicted molar refractivity (Wildman–Crippen MR) is 86.3 cm³/mol. The van der Waals surface area contributed by atoms with Gasteiger partial charge in [0.15, 0.2) is 0 Å². The van der Waals surface area contributed by atoms with Crippen LogP contribution in [0.25, 0.3) is 0 Å². The lowest BCUT2D eigenvalue weighted by Gasteiger charge is -2.07. The van der Waals surface area contributed by atoms with Gasteiger partial charge in [0.2, 0.25) is 5.01 Å². The number of nitrogens with zero attached hydrogens (tertiary/aromatic N) is 2. The van der Waals surface area contributed by atoms with Crippen molar-refractivity contribution in [3.63, 3.8) is 0 Å². The zero-order valence-electron chi connectivity index (χ0n) is 12.5. The lowest BCUT2D eigenvalue weighted by Crippen LogP contribution is -2.24. The first-order valence-electron chi connectivity index (χ1n) is 7.10. The van der Waals surface area contributed by atoms with Crippen molar-refractivity contribution in [3.05, 3.63) is 39.8 Å². The first-order chi connectivity index (χ1) is 10.6. The smallest absolute Gasteiger partial charge is 0.286 e. The Kier molecular flexibility index (Phi) is 5.60. The van der Waals surface area contributed by atoms with Crippen molar-refractivity contribution in [2.24, 2.45) is 0 Å². The fourth-order valence-corrected chi connectivity index (χ4v) is 2.38. The molecular weight excluding hydrogens is 300 g/mol. The van der Waals surface area contributed by atoms with Gasteiger partial charge in [0.1, 0.15) is 5.01 Å². The Hall–Kier alpha value is -2.28. The number of rotatable bonds is 6. The number of amides is 2. The summed E-state index contributed by atoms with van der Waals surface area (Å²) in [4.78, 5) is 24.0. The van der Waals surface area contributed by atoms with Crippen LogP contribution in [0.15, 0.2) is 24.3 Å². The van der Waals surface area contributed by atoms with Crippen LogP contribution in [0.5, 0.6) is 0 Å². The molecule has 2 amide bonds. The summed E-state index contributed by atoms with van der Waals surface area (Å²) in [7, 11) is 0. The number of aromatic nitrogens is 2. The lowest BCUT2D eigenvalue weighted by atomic mass is 10.2. The fraction of sp³-hybridized carbons (Fsp3) is 0.333. The van der Waals surface area contributed by atoms with E-state index in [1.54, 1.807) is 31.2 Å². The van der Waals surface area contributed by atoms with Gasteiger partial charge in [0, 0.05) is 17.8 Å². The molecule has 0 radical (unpaired) electrons. The first-order valence-corrected chi connectivity index (χ1v) is 7.91. The van der Waals surface area contributed by atoms with Gasteiger partial charge in [0.05, 0.1) is 0 Å². The maximum Gasteiger partial charge on any atom is 0.286 e. The normalized spacial score (nSPS) is 10.3. The van der Waals surface area contributed by atoms with Gasteiger partial charge in [0.25, 0.3) is 11.8 Å².